The van der Waals surface area contributed by atoms with Crippen molar-refractivity contribution in [2.24, 2.45) is 0 Å². The van der Waals surface area contributed by atoms with Crippen molar-refractivity contribution >= 4 is 48.2 Å². The molecule has 3 rings (SSSR count). The van der Waals surface area contributed by atoms with Gasteiger partial charge >= 0.3 is 5.97 Å². The molecular weight excluding hydrogens is 427 g/mol. The largest absolute Gasteiger partial charge is 0.462 e. The summed E-state index contributed by atoms with van der Waals surface area (Å²) in [5, 5.41) is 2.88. The highest BCUT2D eigenvalue weighted by Gasteiger charge is 2.18. The summed E-state index contributed by atoms with van der Waals surface area (Å²) in [5.41, 5.74) is 1.16. The number of piperazine rings is 1. The third-order valence-corrected chi connectivity index (χ3v) is 4.68. The molecule has 2 heterocycles. The molecule has 1 saturated heterocycles. The number of halogens is 2. The molecule has 2 aromatic rings. The fourth-order valence-corrected chi connectivity index (χ4v) is 3.13. The van der Waals surface area contributed by atoms with E-state index in [0.29, 0.717) is 24.3 Å². The van der Waals surface area contributed by atoms with Crippen molar-refractivity contribution in [3.8, 4) is 0 Å². The van der Waals surface area contributed by atoms with Gasteiger partial charge in [-0.3, -0.25) is 9.69 Å². The van der Waals surface area contributed by atoms with Gasteiger partial charge in [-0.25, -0.2) is 9.78 Å². The molecule has 1 fully saturated rings. The summed E-state index contributed by atoms with van der Waals surface area (Å²) < 4.78 is 4.95. The number of benzene rings is 1. The number of carbonyl (C=O) groups is 2. The fourth-order valence-electron chi connectivity index (χ4n) is 3.13. The van der Waals surface area contributed by atoms with Crippen LogP contribution in [0, 0.1) is 0 Å². The summed E-state index contributed by atoms with van der Waals surface area (Å²) in [6.07, 6.45) is 2.24. The quantitative estimate of drug-likeness (QED) is 0.647. The smallest absolute Gasteiger partial charge is 0.338 e. The average Bonchev–Trinajstić information content (AvgIpc) is 2.74. The number of esters is 1. The van der Waals surface area contributed by atoms with Gasteiger partial charge < -0.3 is 15.0 Å². The number of aromatic nitrogens is 1. The van der Waals surface area contributed by atoms with E-state index in [1.54, 1.807) is 31.2 Å². The normalized spacial score (nSPS) is 13.6. The Kier molecular flexibility index (Phi) is 11.2. The SMILES string of the molecule is CCOC(=O)c1ccc(NC(=O)CCN2CCN(c3ccccn3)CC2)cc1.Cl.Cl. The fraction of sp³-hybridized carbons (Fsp3) is 0.381. The number of ether oxygens (including phenoxy) is 1. The summed E-state index contributed by atoms with van der Waals surface area (Å²) in [7, 11) is 0. The van der Waals surface area contributed by atoms with Crippen LogP contribution in [0.1, 0.15) is 23.7 Å². The molecule has 30 heavy (non-hydrogen) atoms. The Hall–Kier alpha value is -2.35. The van der Waals surface area contributed by atoms with E-state index in [1.807, 2.05) is 24.4 Å². The molecule has 0 saturated carbocycles. The van der Waals surface area contributed by atoms with E-state index in [0.717, 1.165) is 38.5 Å². The first kappa shape index (κ1) is 25.7. The maximum Gasteiger partial charge on any atom is 0.338 e. The highest BCUT2D eigenvalue weighted by molar-refractivity contribution is 5.93. The lowest BCUT2D eigenvalue weighted by Crippen LogP contribution is -2.47. The number of carbonyl (C=O) groups excluding carboxylic acids is 2. The Balaban J connectivity index is 0.00000225. The first-order valence-corrected chi connectivity index (χ1v) is 9.61. The minimum absolute atomic E-state index is 0. The van der Waals surface area contributed by atoms with Crippen molar-refractivity contribution in [3.63, 3.8) is 0 Å². The molecule has 1 aromatic carbocycles. The van der Waals surface area contributed by atoms with Gasteiger partial charge in [-0.1, -0.05) is 6.07 Å². The number of pyridine rings is 1. The molecule has 1 aliphatic heterocycles. The molecule has 7 nitrogen and oxygen atoms in total. The third kappa shape index (κ3) is 7.48. The Labute approximate surface area is 189 Å². The predicted molar refractivity (Wildman–Crippen MR) is 123 cm³/mol. The topological polar surface area (TPSA) is 74.8 Å². The second kappa shape index (κ2) is 13.1. The van der Waals surface area contributed by atoms with Crippen LogP contribution in [-0.4, -0.2) is 61.1 Å². The zero-order chi connectivity index (χ0) is 19.8. The number of nitrogens with one attached hydrogen (secondary N) is 1. The summed E-state index contributed by atoms with van der Waals surface area (Å²) >= 11 is 0. The molecule has 0 unspecified atom stereocenters. The number of amides is 1. The minimum Gasteiger partial charge on any atom is -0.462 e. The molecule has 1 N–H and O–H groups in total. The Morgan fingerprint density at radius 2 is 1.73 bits per heavy atom. The monoisotopic (exact) mass is 454 g/mol. The third-order valence-electron chi connectivity index (χ3n) is 4.68. The lowest BCUT2D eigenvalue weighted by atomic mass is 10.2. The van der Waals surface area contributed by atoms with Crippen molar-refractivity contribution in [1.82, 2.24) is 9.88 Å². The van der Waals surface area contributed by atoms with E-state index in [2.05, 4.69) is 20.1 Å². The number of rotatable bonds is 7. The van der Waals surface area contributed by atoms with Crippen LogP contribution >= 0.6 is 24.8 Å². The molecule has 0 spiro atoms. The maximum absolute atomic E-state index is 12.2. The van der Waals surface area contributed by atoms with Gasteiger partial charge in [0.05, 0.1) is 12.2 Å². The molecule has 1 aromatic heterocycles. The molecule has 0 radical (unpaired) electrons. The van der Waals surface area contributed by atoms with E-state index >= 15 is 0 Å². The Morgan fingerprint density at radius 1 is 1.03 bits per heavy atom. The Bertz CT molecular complexity index is 783. The lowest BCUT2D eigenvalue weighted by molar-refractivity contribution is -0.116. The first-order valence-electron chi connectivity index (χ1n) is 9.61. The molecule has 1 amide bonds. The van der Waals surface area contributed by atoms with Gasteiger partial charge in [0.15, 0.2) is 0 Å². The van der Waals surface area contributed by atoms with Crippen LogP contribution in [-0.2, 0) is 9.53 Å². The van der Waals surface area contributed by atoms with Crippen LogP contribution in [0.2, 0.25) is 0 Å². The van der Waals surface area contributed by atoms with Gasteiger partial charge in [-0.15, -0.1) is 24.8 Å². The van der Waals surface area contributed by atoms with Gasteiger partial charge in [-0.05, 0) is 43.3 Å². The summed E-state index contributed by atoms with van der Waals surface area (Å²) in [4.78, 5) is 32.8. The van der Waals surface area contributed by atoms with Crippen LogP contribution in [0.3, 0.4) is 0 Å². The van der Waals surface area contributed by atoms with Crippen LogP contribution in [0.5, 0.6) is 0 Å². The summed E-state index contributed by atoms with van der Waals surface area (Å²) in [6.45, 7) is 6.49. The number of hydrogen-bond donors (Lipinski definition) is 1. The number of anilines is 2. The van der Waals surface area contributed by atoms with Gasteiger partial charge in [0.1, 0.15) is 5.82 Å². The zero-order valence-corrected chi connectivity index (χ0v) is 18.6. The van der Waals surface area contributed by atoms with E-state index in [9.17, 15) is 9.59 Å². The maximum atomic E-state index is 12.2. The van der Waals surface area contributed by atoms with Gasteiger partial charge in [0.2, 0.25) is 5.91 Å². The predicted octanol–water partition coefficient (Wildman–Crippen LogP) is 3.25. The highest BCUT2D eigenvalue weighted by Crippen LogP contribution is 2.14. The van der Waals surface area contributed by atoms with Gasteiger partial charge in [0.25, 0.3) is 0 Å². The lowest BCUT2D eigenvalue weighted by Gasteiger charge is -2.35. The second-order valence-corrected chi connectivity index (χ2v) is 6.61. The van der Waals surface area contributed by atoms with Crippen molar-refractivity contribution < 1.29 is 14.3 Å². The first-order chi connectivity index (χ1) is 13.7. The zero-order valence-electron chi connectivity index (χ0n) is 17.0. The van der Waals surface area contributed by atoms with Gasteiger partial charge in [-0.2, -0.15) is 0 Å². The summed E-state index contributed by atoms with van der Waals surface area (Å²) in [5.74, 6) is 0.618. The number of nitrogens with zero attached hydrogens (tertiary/aromatic N) is 3. The minimum atomic E-state index is -0.356. The van der Waals surface area contributed by atoms with Crippen LogP contribution in [0.25, 0.3) is 0 Å². The van der Waals surface area contributed by atoms with E-state index < -0.39 is 0 Å². The molecule has 164 valence electrons. The van der Waals surface area contributed by atoms with Gasteiger partial charge in [0, 0.05) is 51.0 Å². The molecule has 0 bridgehead atoms. The van der Waals surface area contributed by atoms with E-state index in [1.165, 1.54) is 0 Å². The second-order valence-electron chi connectivity index (χ2n) is 6.61. The summed E-state index contributed by atoms with van der Waals surface area (Å²) in [6, 6.07) is 12.7. The van der Waals surface area contributed by atoms with Crippen molar-refractivity contribution in [2.45, 2.75) is 13.3 Å². The molecular formula is C21H28Cl2N4O3. The molecule has 0 atom stereocenters. The van der Waals surface area contributed by atoms with E-state index in [4.69, 9.17) is 4.74 Å². The molecule has 1 aliphatic rings. The molecule has 0 aliphatic carbocycles. The van der Waals surface area contributed by atoms with E-state index in [-0.39, 0.29) is 36.7 Å². The van der Waals surface area contributed by atoms with Crippen molar-refractivity contribution in [2.75, 3.05) is 49.5 Å². The standard InChI is InChI=1S/C21H26N4O3.2ClH/c1-2-28-21(27)17-6-8-18(9-7-17)23-20(26)10-12-24-13-15-25(16-14-24)19-5-3-4-11-22-19;;/h3-9,11H,2,10,12-16H2,1H3,(H,23,26);2*1H. The average molecular weight is 455 g/mol. The van der Waals surface area contributed by atoms with Crippen molar-refractivity contribution in [3.05, 3.63) is 54.2 Å². The molecule has 9 heteroatoms. The van der Waals surface area contributed by atoms with Crippen LogP contribution in [0.4, 0.5) is 11.5 Å². The van der Waals surface area contributed by atoms with Crippen LogP contribution in [0.15, 0.2) is 48.7 Å². The van der Waals surface area contributed by atoms with Crippen molar-refractivity contribution in [1.29, 1.82) is 0 Å². The number of hydrogen-bond acceptors (Lipinski definition) is 6. The Morgan fingerprint density at radius 3 is 2.33 bits per heavy atom. The highest BCUT2D eigenvalue weighted by atomic mass is 35.5. The van der Waals surface area contributed by atoms with Crippen LogP contribution < -0.4 is 10.2 Å².